The Morgan fingerprint density at radius 1 is 1.15 bits per heavy atom. The number of carbonyl (C=O) groups excluding carboxylic acids is 1. The number of ether oxygens (including phenoxy) is 1. The molecule has 41 heavy (non-hydrogen) atoms. The zero-order valence-electron chi connectivity index (χ0n) is 23.4. The number of hydrogen-bond acceptors (Lipinski definition) is 8. The number of anilines is 3. The van der Waals surface area contributed by atoms with Gasteiger partial charge in [0.25, 0.3) is 0 Å². The van der Waals surface area contributed by atoms with E-state index in [1.165, 1.54) is 36.0 Å². The Bertz CT molecular complexity index is 1440. The highest BCUT2D eigenvalue weighted by Gasteiger charge is 2.32. The summed E-state index contributed by atoms with van der Waals surface area (Å²) in [6.07, 6.45) is -0.638. The Morgan fingerprint density at radius 2 is 1.85 bits per heavy atom. The summed E-state index contributed by atoms with van der Waals surface area (Å²) in [4.78, 5) is 25.0. The lowest BCUT2D eigenvalue weighted by atomic mass is 10.0. The highest BCUT2D eigenvalue weighted by molar-refractivity contribution is 8.15. The molecule has 12 heteroatoms. The maximum Gasteiger partial charge on any atom is 0.573 e. The minimum Gasteiger partial charge on any atom is -0.406 e. The van der Waals surface area contributed by atoms with Gasteiger partial charge in [0.05, 0.1) is 11.4 Å². The van der Waals surface area contributed by atoms with Crippen LogP contribution in [0.15, 0.2) is 64.9 Å². The molecule has 0 aliphatic carbocycles. The number of amides is 1. The minimum atomic E-state index is -4.74. The lowest BCUT2D eigenvalue weighted by Gasteiger charge is -2.21. The van der Waals surface area contributed by atoms with Gasteiger partial charge < -0.3 is 9.64 Å². The van der Waals surface area contributed by atoms with Gasteiger partial charge in [0.2, 0.25) is 11.9 Å². The molecule has 0 radical (unpaired) electrons. The molecule has 0 spiro atoms. The summed E-state index contributed by atoms with van der Waals surface area (Å²) in [5.41, 5.74) is 4.23. The van der Waals surface area contributed by atoms with Gasteiger partial charge in [0, 0.05) is 30.8 Å². The SMILES string of the molecule is Cc1nc(N(C)c2ccc(OC(F)(F)F)cc2)ncc1CC(C)/C=N/N=C1\SCC(=O)N1c1ccccc1C(C)C. The van der Waals surface area contributed by atoms with Crippen molar-refractivity contribution in [2.45, 2.75) is 46.4 Å². The van der Waals surface area contributed by atoms with E-state index >= 15 is 0 Å². The number of aryl methyl sites for hydroxylation is 1. The molecule has 1 unspecified atom stereocenters. The van der Waals surface area contributed by atoms with E-state index in [9.17, 15) is 18.0 Å². The molecule has 3 aromatic rings. The Balaban J connectivity index is 1.41. The quantitative estimate of drug-likeness (QED) is 0.202. The van der Waals surface area contributed by atoms with Gasteiger partial charge in [0.1, 0.15) is 5.75 Å². The number of rotatable bonds is 9. The van der Waals surface area contributed by atoms with Crippen LogP contribution in [-0.4, -0.2) is 46.4 Å². The monoisotopic (exact) mass is 584 g/mol. The molecule has 0 N–H and O–H groups in total. The van der Waals surface area contributed by atoms with Crippen LogP contribution in [0, 0.1) is 12.8 Å². The van der Waals surface area contributed by atoms with Crippen LogP contribution in [0.2, 0.25) is 0 Å². The Labute approximate surface area is 241 Å². The van der Waals surface area contributed by atoms with Crippen molar-refractivity contribution in [3.8, 4) is 5.75 Å². The summed E-state index contributed by atoms with van der Waals surface area (Å²) in [6, 6.07) is 13.3. The highest BCUT2D eigenvalue weighted by atomic mass is 32.2. The number of thioether (sulfide) groups is 1. The van der Waals surface area contributed by atoms with Crippen LogP contribution in [0.4, 0.5) is 30.5 Å². The molecular weight excluding hydrogens is 553 g/mol. The molecule has 4 rings (SSSR count). The van der Waals surface area contributed by atoms with Crippen LogP contribution < -0.4 is 14.5 Å². The lowest BCUT2D eigenvalue weighted by Crippen LogP contribution is -2.30. The van der Waals surface area contributed by atoms with E-state index in [1.54, 1.807) is 29.3 Å². The molecule has 2 aromatic carbocycles. The van der Waals surface area contributed by atoms with Gasteiger partial charge >= 0.3 is 6.36 Å². The largest absolute Gasteiger partial charge is 0.573 e. The molecule has 1 aliphatic rings. The van der Waals surface area contributed by atoms with Crippen LogP contribution in [-0.2, 0) is 11.2 Å². The Hall–Kier alpha value is -3.93. The van der Waals surface area contributed by atoms with Crippen molar-refractivity contribution in [3.05, 3.63) is 71.5 Å². The molecule has 0 bridgehead atoms. The van der Waals surface area contributed by atoms with Crippen LogP contribution in [0.25, 0.3) is 0 Å². The molecule has 216 valence electrons. The van der Waals surface area contributed by atoms with Gasteiger partial charge in [0.15, 0.2) is 5.17 Å². The van der Waals surface area contributed by atoms with Crippen molar-refractivity contribution >= 4 is 46.4 Å². The van der Waals surface area contributed by atoms with E-state index < -0.39 is 6.36 Å². The van der Waals surface area contributed by atoms with Crippen molar-refractivity contribution in [3.63, 3.8) is 0 Å². The number of amidine groups is 1. The van der Waals surface area contributed by atoms with Crippen molar-refractivity contribution < 1.29 is 22.7 Å². The Kier molecular flexibility index (Phi) is 9.31. The van der Waals surface area contributed by atoms with E-state index in [0.717, 1.165) is 22.5 Å². The molecule has 8 nitrogen and oxygen atoms in total. The predicted molar refractivity (Wildman–Crippen MR) is 157 cm³/mol. The van der Waals surface area contributed by atoms with Gasteiger partial charge in [-0.15, -0.1) is 18.3 Å². The highest BCUT2D eigenvalue weighted by Crippen LogP contribution is 2.33. The molecule has 1 saturated heterocycles. The molecule has 2 heterocycles. The number of benzene rings is 2. The van der Waals surface area contributed by atoms with Gasteiger partial charge in [-0.2, -0.15) is 5.10 Å². The van der Waals surface area contributed by atoms with E-state index in [4.69, 9.17) is 0 Å². The first-order valence-electron chi connectivity index (χ1n) is 13.0. The lowest BCUT2D eigenvalue weighted by molar-refractivity contribution is -0.274. The van der Waals surface area contributed by atoms with E-state index in [2.05, 4.69) is 38.8 Å². The van der Waals surface area contributed by atoms with Gasteiger partial charge in [-0.3, -0.25) is 9.69 Å². The third-order valence-corrected chi connectivity index (χ3v) is 7.31. The average Bonchev–Trinajstić information content (AvgIpc) is 3.28. The standard InChI is InChI=1S/C29H31F3N6O2S/c1-18(2)24-8-6-7-9-25(24)38-26(39)17-41-28(38)36-34-15-19(3)14-21-16-33-27(35-20(21)4)37(5)22-10-12-23(13-11-22)40-29(30,31)32/h6-13,15-16,18-19H,14,17H2,1-5H3/b34-15+,36-28-. The number of para-hydroxylation sites is 1. The number of alkyl halides is 3. The smallest absolute Gasteiger partial charge is 0.406 e. The molecule has 1 atom stereocenters. The van der Waals surface area contributed by atoms with Crippen molar-refractivity contribution in [1.82, 2.24) is 9.97 Å². The van der Waals surface area contributed by atoms with Gasteiger partial charge in [-0.1, -0.05) is 50.7 Å². The molecular formula is C29H31F3N6O2S. The fraction of sp³-hybridized carbons (Fsp3) is 0.345. The fourth-order valence-corrected chi connectivity index (χ4v) is 5.09. The first-order chi connectivity index (χ1) is 19.4. The fourth-order valence-electron chi connectivity index (χ4n) is 4.28. The number of carbonyl (C=O) groups is 1. The normalized spacial score (nSPS) is 15.8. The minimum absolute atomic E-state index is 0.0184. The first kappa shape index (κ1) is 30.0. The zero-order valence-corrected chi connectivity index (χ0v) is 24.2. The molecule has 0 saturated carbocycles. The summed E-state index contributed by atoms with van der Waals surface area (Å²) in [6.45, 7) is 8.07. The number of halogens is 3. The van der Waals surface area contributed by atoms with Crippen molar-refractivity contribution in [2.24, 2.45) is 16.1 Å². The van der Waals surface area contributed by atoms with E-state index in [0.29, 0.717) is 29.0 Å². The van der Waals surface area contributed by atoms with Crippen LogP contribution in [0.5, 0.6) is 5.75 Å². The topological polar surface area (TPSA) is 83.3 Å². The first-order valence-corrected chi connectivity index (χ1v) is 14.0. The summed E-state index contributed by atoms with van der Waals surface area (Å²) in [5.74, 6) is 0.684. The summed E-state index contributed by atoms with van der Waals surface area (Å²) in [7, 11) is 1.73. The second-order valence-corrected chi connectivity index (χ2v) is 10.9. The Morgan fingerprint density at radius 3 is 2.51 bits per heavy atom. The second-order valence-electron chi connectivity index (χ2n) is 9.94. The maximum absolute atomic E-state index is 12.7. The summed E-state index contributed by atoms with van der Waals surface area (Å²) < 4.78 is 41.2. The van der Waals surface area contributed by atoms with E-state index in [1.807, 2.05) is 38.1 Å². The second kappa shape index (κ2) is 12.7. The number of hydrogen-bond donors (Lipinski definition) is 0. The third-order valence-electron chi connectivity index (χ3n) is 6.40. The van der Waals surface area contributed by atoms with Gasteiger partial charge in [-0.25, -0.2) is 9.97 Å². The van der Waals surface area contributed by atoms with Crippen LogP contribution in [0.3, 0.4) is 0 Å². The summed E-state index contributed by atoms with van der Waals surface area (Å²) in [5, 5.41) is 9.23. The summed E-state index contributed by atoms with van der Waals surface area (Å²) >= 11 is 1.37. The average molecular weight is 585 g/mol. The molecule has 1 aliphatic heterocycles. The number of aromatic nitrogens is 2. The van der Waals surface area contributed by atoms with Crippen molar-refractivity contribution in [2.75, 3.05) is 22.6 Å². The third kappa shape index (κ3) is 7.63. The zero-order chi connectivity index (χ0) is 29.7. The van der Waals surface area contributed by atoms with Crippen LogP contribution >= 0.6 is 11.8 Å². The van der Waals surface area contributed by atoms with Crippen molar-refractivity contribution in [1.29, 1.82) is 0 Å². The van der Waals surface area contributed by atoms with Crippen LogP contribution in [0.1, 0.15) is 43.5 Å². The molecule has 1 amide bonds. The van der Waals surface area contributed by atoms with E-state index in [-0.39, 0.29) is 23.5 Å². The molecule has 1 fully saturated rings. The van der Waals surface area contributed by atoms with Gasteiger partial charge in [-0.05, 0) is 66.6 Å². The molecule has 1 aromatic heterocycles. The number of nitrogens with zero attached hydrogens (tertiary/aromatic N) is 6. The predicted octanol–water partition coefficient (Wildman–Crippen LogP) is 6.88. The maximum atomic E-state index is 12.7.